The van der Waals surface area contributed by atoms with Crippen LogP contribution in [-0.4, -0.2) is 37.8 Å². The topological polar surface area (TPSA) is 59.6 Å². The number of hydrogen-bond acceptors (Lipinski definition) is 4. The molecule has 1 saturated heterocycles. The molecule has 1 aromatic carbocycles. The number of carbonyl (C=O) groups is 1. The molecule has 2 aliphatic rings. The quantitative estimate of drug-likeness (QED) is 0.881. The molecular weight excluding hydrogens is 323 g/mol. The second-order valence-corrected chi connectivity index (χ2v) is 5.72. The summed E-state index contributed by atoms with van der Waals surface area (Å²) in [5, 5.41) is 5.76. The van der Waals surface area contributed by atoms with E-state index in [1.54, 1.807) is 12.1 Å². The van der Waals surface area contributed by atoms with Crippen molar-refractivity contribution < 1.29 is 18.7 Å². The molecule has 1 aromatic rings. The fourth-order valence-corrected chi connectivity index (χ4v) is 2.82. The van der Waals surface area contributed by atoms with E-state index in [9.17, 15) is 9.18 Å². The third-order valence-corrected chi connectivity index (χ3v) is 4.02. The van der Waals surface area contributed by atoms with Crippen LogP contribution in [0.2, 0.25) is 0 Å². The Labute approximate surface area is 141 Å². The summed E-state index contributed by atoms with van der Waals surface area (Å²) >= 11 is 0. The Morgan fingerprint density at radius 2 is 2.13 bits per heavy atom. The van der Waals surface area contributed by atoms with Gasteiger partial charge in [-0.15, -0.1) is 12.4 Å². The molecule has 0 aromatic heterocycles. The van der Waals surface area contributed by atoms with E-state index in [-0.39, 0.29) is 30.2 Å². The first-order valence-electron chi connectivity index (χ1n) is 7.82. The third kappa shape index (κ3) is 4.80. The minimum Gasteiger partial charge on any atom is -0.487 e. The summed E-state index contributed by atoms with van der Waals surface area (Å²) in [6.45, 7) is 1.71. The minimum absolute atomic E-state index is 0. The molecule has 128 valence electrons. The van der Waals surface area contributed by atoms with Gasteiger partial charge in [0.15, 0.2) is 11.6 Å². The standard InChI is InChI=1S/C16H21FN2O3.ClH/c17-13-9-11(19-16(20)15-10-18-7-8-21-15)5-6-14(13)22-12-3-1-2-4-12;/h5-6,9,12,15,18H,1-4,7-8,10H2,(H,19,20);1H. The van der Waals surface area contributed by atoms with Crippen LogP contribution in [-0.2, 0) is 9.53 Å². The average molecular weight is 345 g/mol. The highest BCUT2D eigenvalue weighted by Gasteiger charge is 2.22. The average Bonchev–Trinajstić information content (AvgIpc) is 3.04. The highest BCUT2D eigenvalue weighted by Crippen LogP contribution is 2.27. The molecule has 5 nitrogen and oxygen atoms in total. The normalized spacial score (nSPS) is 21.5. The number of nitrogens with one attached hydrogen (secondary N) is 2. The Bertz CT molecular complexity index is 532. The Kier molecular flexibility index (Phi) is 6.62. The zero-order valence-corrected chi connectivity index (χ0v) is 13.7. The van der Waals surface area contributed by atoms with Crippen molar-refractivity contribution in [3.8, 4) is 5.75 Å². The van der Waals surface area contributed by atoms with Crippen LogP contribution in [0, 0.1) is 5.82 Å². The number of anilines is 1. The predicted octanol–water partition coefficient (Wildman–Crippen LogP) is 2.50. The number of morpholine rings is 1. The van der Waals surface area contributed by atoms with Crippen molar-refractivity contribution in [3.05, 3.63) is 24.0 Å². The summed E-state index contributed by atoms with van der Waals surface area (Å²) in [5.41, 5.74) is 0.412. The van der Waals surface area contributed by atoms with Crippen molar-refractivity contribution in [2.45, 2.75) is 37.9 Å². The summed E-state index contributed by atoms with van der Waals surface area (Å²) in [6, 6.07) is 4.52. The second-order valence-electron chi connectivity index (χ2n) is 5.72. The van der Waals surface area contributed by atoms with Crippen LogP contribution in [0.4, 0.5) is 10.1 Å². The maximum absolute atomic E-state index is 14.1. The predicted molar refractivity (Wildman–Crippen MR) is 87.8 cm³/mol. The first kappa shape index (κ1) is 18.0. The van der Waals surface area contributed by atoms with Crippen molar-refractivity contribution in [2.75, 3.05) is 25.0 Å². The Balaban J connectivity index is 0.00000192. The van der Waals surface area contributed by atoms with E-state index >= 15 is 0 Å². The Morgan fingerprint density at radius 3 is 2.78 bits per heavy atom. The molecule has 2 N–H and O–H groups in total. The van der Waals surface area contributed by atoms with Gasteiger partial charge in [0.2, 0.25) is 0 Å². The fraction of sp³-hybridized carbons (Fsp3) is 0.562. The molecule has 1 saturated carbocycles. The van der Waals surface area contributed by atoms with Gasteiger partial charge in [0.1, 0.15) is 6.10 Å². The van der Waals surface area contributed by atoms with Crippen LogP contribution in [0.5, 0.6) is 5.75 Å². The molecule has 1 aliphatic carbocycles. The van der Waals surface area contributed by atoms with Crippen molar-refractivity contribution in [3.63, 3.8) is 0 Å². The van der Waals surface area contributed by atoms with Gasteiger partial charge in [-0.2, -0.15) is 0 Å². The summed E-state index contributed by atoms with van der Waals surface area (Å²) < 4.78 is 25.1. The first-order chi connectivity index (χ1) is 10.7. The van der Waals surface area contributed by atoms with Crippen molar-refractivity contribution in [1.82, 2.24) is 5.32 Å². The van der Waals surface area contributed by atoms with Crippen LogP contribution in [0.3, 0.4) is 0 Å². The van der Waals surface area contributed by atoms with Gasteiger partial charge in [-0.25, -0.2) is 4.39 Å². The summed E-state index contributed by atoms with van der Waals surface area (Å²) in [4.78, 5) is 12.0. The molecule has 1 amide bonds. The number of rotatable bonds is 4. The lowest BCUT2D eigenvalue weighted by molar-refractivity contribution is -0.128. The summed E-state index contributed by atoms with van der Waals surface area (Å²) in [5.74, 6) is -0.469. The lowest BCUT2D eigenvalue weighted by Crippen LogP contribution is -2.45. The van der Waals surface area contributed by atoms with E-state index in [0.29, 0.717) is 18.8 Å². The van der Waals surface area contributed by atoms with E-state index in [1.807, 2.05) is 0 Å². The van der Waals surface area contributed by atoms with Crippen LogP contribution >= 0.6 is 12.4 Å². The molecule has 0 spiro atoms. The third-order valence-electron chi connectivity index (χ3n) is 4.02. The van der Waals surface area contributed by atoms with Crippen molar-refractivity contribution in [2.24, 2.45) is 0 Å². The lowest BCUT2D eigenvalue weighted by Gasteiger charge is -2.22. The largest absolute Gasteiger partial charge is 0.487 e. The van der Waals surface area contributed by atoms with Gasteiger partial charge in [-0.3, -0.25) is 4.79 Å². The van der Waals surface area contributed by atoms with Gasteiger partial charge in [-0.1, -0.05) is 0 Å². The number of carbonyl (C=O) groups excluding carboxylic acids is 1. The number of halogens is 2. The van der Waals surface area contributed by atoms with Crippen LogP contribution in [0.1, 0.15) is 25.7 Å². The van der Waals surface area contributed by atoms with Crippen molar-refractivity contribution in [1.29, 1.82) is 0 Å². The van der Waals surface area contributed by atoms with E-state index < -0.39 is 11.9 Å². The van der Waals surface area contributed by atoms with Crippen LogP contribution in [0.25, 0.3) is 0 Å². The van der Waals surface area contributed by atoms with Crippen LogP contribution in [0.15, 0.2) is 18.2 Å². The zero-order valence-electron chi connectivity index (χ0n) is 12.8. The zero-order chi connectivity index (χ0) is 15.4. The molecule has 1 heterocycles. The number of ether oxygens (including phenoxy) is 2. The van der Waals surface area contributed by atoms with Crippen LogP contribution < -0.4 is 15.4 Å². The minimum atomic E-state index is -0.536. The molecule has 2 fully saturated rings. The van der Waals surface area contributed by atoms with Gasteiger partial charge >= 0.3 is 0 Å². The SMILES string of the molecule is Cl.O=C(Nc1ccc(OC2CCCC2)c(F)c1)C1CNCCO1. The Morgan fingerprint density at radius 1 is 1.35 bits per heavy atom. The molecular formula is C16H22ClFN2O3. The van der Waals surface area contributed by atoms with E-state index in [0.717, 1.165) is 32.2 Å². The smallest absolute Gasteiger partial charge is 0.254 e. The number of amides is 1. The second kappa shape index (κ2) is 8.47. The van der Waals surface area contributed by atoms with E-state index in [2.05, 4.69) is 10.6 Å². The molecule has 7 heteroatoms. The fourth-order valence-electron chi connectivity index (χ4n) is 2.82. The van der Waals surface area contributed by atoms with Crippen molar-refractivity contribution >= 4 is 24.0 Å². The van der Waals surface area contributed by atoms with Gasteiger partial charge in [0, 0.05) is 24.8 Å². The highest BCUT2D eigenvalue weighted by molar-refractivity contribution is 5.94. The molecule has 1 atom stereocenters. The van der Waals surface area contributed by atoms with Gasteiger partial charge in [0.25, 0.3) is 5.91 Å². The maximum Gasteiger partial charge on any atom is 0.254 e. The summed E-state index contributed by atoms with van der Waals surface area (Å²) in [6.07, 6.45) is 3.79. The number of benzene rings is 1. The first-order valence-corrected chi connectivity index (χ1v) is 7.82. The molecule has 0 bridgehead atoms. The maximum atomic E-state index is 14.1. The summed E-state index contributed by atoms with van der Waals surface area (Å²) in [7, 11) is 0. The monoisotopic (exact) mass is 344 g/mol. The molecule has 3 rings (SSSR count). The molecule has 0 radical (unpaired) electrons. The van der Waals surface area contributed by atoms with E-state index in [1.165, 1.54) is 6.07 Å². The molecule has 23 heavy (non-hydrogen) atoms. The molecule has 1 unspecified atom stereocenters. The lowest BCUT2D eigenvalue weighted by atomic mass is 10.2. The van der Waals surface area contributed by atoms with Gasteiger partial charge in [-0.05, 0) is 37.8 Å². The van der Waals surface area contributed by atoms with Gasteiger partial charge in [0.05, 0.1) is 12.7 Å². The Hall–Kier alpha value is -1.37. The number of hydrogen-bond donors (Lipinski definition) is 2. The molecule has 1 aliphatic heterocycles. The van der Waals surface area contributed by atoms with E-state index in [4.69, 9.17) is 9.47 Å². The highest BCUT2D eigenvalue weighted by atomic mass is 35.5. The van der Waals surface area contributed by atoms with Gasteiger partial charge < -0.3 is 20.1 Å².